The van der Waals surface area contributed by atoms with Crippen LogP contribution in [0.2, 0.25) is 0 Å². The third-order valence-electron chi connectivity index (χ3n) is 5.14. The van der Waals surface area contributed by atoms with Crippen molar-refractivity contribution >= 4 is 11.8 Å². The van der Waals surface area contributed by atoms with Crippen LogP contribution in [0, 0.1) is 19.8 Å². The maximum absolute atomic E-state index is 12.7. The Kier molecular flexibility index (Phi) is 6.69. The lowest BCUT2D eigenvalue weighted by Crippen LogP contribution is -2.40. The molecule has 1 N–H and O–H groups in total. The Morgan fingerprint density at radius 2 is 1.93 bits per heavy atom. The lowest BCUT2D eigenvalue weighted by molar-refractivity contribution is -0.121. The average molecular weight is 399 g/mol. The number of nitrogens with one attached hydrogen (secondary N) is 1. The highest BCUT2D eigenvalue weighted by Crippen LogP contribution is 2.22. The van der Waals surface area contributed by atoms with E-state index in [9.17, 15) is 9.59 Å². The molecule has 7 nitrogen and oxygen atoms in total. The van der Waals surface area contributed by atoms with Gasteiger partial charge in [0.2, 0.25) is 11.8 Å². The van der Waals surface area contributed by atoms with E-state index in [1.54, 1.807) is 4.90 Å². The number of oxazole rings is 1. The molecule has 0 aliphatic carbocycles. The van der Waals surface area contributed by atoms with Gasteiger partial charge in [0, 0.05) is 13.1 Å². The highest BCUT2D eigenvalue weighted by atomic mass is 16.5. The van der Waals surface area contributed by atoms with E-state index in [0.29, 0.717) is 32.2 Å². The van der Waals surface area contributed by atoms with Crippen molar-refractivity contribution in [3.63, 3.8) is 0 Å². The predicted molar refractivity (Wildman–Crippen MR) is 109 cm³/mol. The van der Waals surface area contributed by atoms with Crippen molar-refractivity contribution in [3.05, 3.63) is 52.7 Å². The van der Waals surface area contributed by atoms with Crippen molar-refractivity contribution in [3.8, 4) is 0 Å². The number of aromatic nitrogens is 1. The van der Waals surface area contributed by atoms with Crippen LogP contribution in [0.1, 0.15) is 53.0 Å². The summed E-state index contributed by atoms with van der Waals surface area (Å²) in [6.45, 7) is 10.1. The third-order valence-corrected chi connectivity index (χ3v) is 5.14. The van der Waals surface area contributed by atoms with Crippen molar-refractivity contribution < 1.29 is 18.7 Å². The monoisotopic (exact) mass is 399 g/mol. The molecule has 0 unspecified atom stereocenters. The SMILES string of the molecule is Cc1ccc(C)c(CC(=O)N[C@H](c2nc(C(=O)N3CCOCC3)co2)C(C)C)c1. The summed E-state index contributed by atoms with van der Waals surface area (Å²) in [6.07, 6.45) is 1.66. The number of hydrogen-bond acceptors (Lipinski definition) is 5. The summed E-state index contributed by atoms with van der Waals surface area (Å²) in [7, 11) is 0. The van der Waals surface area contributed by atoms with Crippen molar-refractivity contribution in [2.45, 2.75) is 40.2 Å². The summed E-state index contributed by atoms with van der Waals surface area (Å²) in [5.74, 6) is 0.137. The van der Waals surface area contributed by atoms with Crippen molar-refractivity contribution in [2.24, 2.45) is 5.92 Å². The Bertz CT molecular complexity index is 869. The van der Waals surface area contributed by atoms with Crippen molar-refractivity contribution in [1.82, 2.24) is 15.2 Å². The molecule has 2 heterocycles. The number of amides is 2. The van der Waals surface area contributed by atoms with E-state index in [4.69, 9.17) is 9.15 Å². The fraction of sp³-hybridized carbons (Fsp3) is 0.500. The maximum atomic E-state index is 12.7. The van der Waals surface area contributed by atoms with E-state index in [-0.39, 0.29) is 29.8 Å². The van der Waals surface area contributed by atoms with Gasteiger partial charge < -0.3 is 19.4 Å². The lowest BCUT2D eigenvalue weighted by atomic mass is 10.0. The summed E-state index contributed by atoms with van der Waals surface area (Å²) >= 11 is 0. The van der Waals surface area contributed by atoms with Gasteiger partial charge in [0.25, 0.3) is 5.91 Å². The second-order valence-electron chi connectivity index (χ2n) is 7.87. The molecule has 1 fully saturated rings. The molecule has 1 atom stereocenters. The van der Waals surface area contributed by atoms with Crippen molar-refractivity contribution in [2.75, 3.05) is 26.3 Å². The Morgan fingerprint density at radius 1 is 1.21 bits per heavy atom. The smallest absolute Gasteiger partial charge is 0.275 e. The number of carbonyl (C=O) groups excluding carboxylic acids is 2. The molecule has 7 heteroatoms. The first-order chi connectivity index (χ1) is 13.8. The summed E-state index contributed by atoms with van der Waals surface area (Å²) in [4.78, 5) is 31.4. The van der Waals surface area contributed by atoms with E-state index in [1.807, 2.05) is 45.9 Å². The first-order valence-electron chi connectivity index (χ1n) is 10.0. The topological polar surface area (TPSA) is 84.7 Å². The van der Waals surface area contributed by atoms with Gasteiger partial charge in [0.1, 0.15) is 12.3 Å². The third kappa shape index (κ3) is 5.23. The number of benzene rings is 1. The van der Waals surface area contributed by atoms with Crippen LogP contribution in [0.5, 0.6) is 0 Å². The quantitative estimate of drug-likeness (QED) is 0.807. The number of morpholine rings is 1. The molecule has 156 valence electrons. The standard InChI is InChI=1S/C22H29N3O4/c1-14(2)20(24-19(26)12-17-11-15(3)5-6-16(17)4)21-23-18(13-29-21)22(27)25-7-9-28-10-8-25/h5-6,11,13-14,20H,7-10,12H2,1-4H3,(H,24,26)/t20-/m0/s1. The van der Waals surface area contributed by atoms with Gasteiger partial charge in [-0.3, -0.25) is 9.59 Å². The van der Waals surface area contributed by atoms with Crippen LogP contribution >= 0.6 is 0 Å². The molecule has 2 amide bonds. The molecular weight excluding hydrogens is 370 g/mol. The molecule has 1 aliphatic heterocycles. The zero-order valence-corrected chi connectivity index (χ0v) is 17.5. The summed E-state index contributed by atoms with van der Waals surface area (Å²) < 4.78 is 10.9. The minimum atomic E-state index is -0.404. The van der Waals surface area contributed by atoms with E-state index >= 15 is 0 Å². The average Bonchev–Trinajstić information content (AvgIpc) is 3.18. The molecule has 1 aromatic heterocycles. The number of aryl methyl sites for hydroxylation is 2. The van der Waals surface area contributed by atoms with Gasteiger partial charge in [0.15, 0.2) is 5.69 Å². The van der Waals surface area contributed by atoms with Crippen LogP contribution in [-0.4, -0.2) is 48.0 Å². The van der Waals surface area contributed by atoms with Crippen LogP contribution in [0.15, 0.2) is 28.9 Å². The van der Waals surface area contributed by atoms with E-state index < -0.39 is 6.04 Å². The Balaban J connectivity index is 1.69. The second kappa shape index (κ2) is 9.22. The summed E-state index contributed by atoms with van der Waals surface area (Å²) in [5, 5.41) is 3.02. The minimum Gasteiger partial charge on any atom is -0.446 e. The van der Waals surface area contributed by atoms with Gasteiger partial charge in [-0.25, -0.2) is 4.98 Å². The van der Waals surface area contributed by atoms with Gasteiger partial charge in [-0.05, 0) is 30.9 Å². The molecule has 29 heavy (non-hydrogen) atoms. The lowest BCUT2D eigenvalue weighted by Gasteiger charge is -2.25. The van der Waals surface area contributed by atoms with Crippen LogP contribution in [0.3, 0.4) is 0 Å². The van der Waals surface area contributed by atoms with E-state index in [1.165, 1.54) is 6.26 Å². The van der Waals surface area contributed by atoms with Crippen LogP contribution < -0.4 is 5.32 Å². The Morgan fingerprint density at radius 3 is 2.62 bits per heavy atom. The molecule has 0 radical (unpaired) electrons. The molecule has 3 rings (SSSR count). The molecule has 0 bridgehead atoms. The maximum Gasteiger partial charge on any atom is 0.275 e. The zero-order valence-electron chi connectivity index (χ0n) is 17.5. The highest BCUT2D eigenvalue weighted by Gasteiger charge is 2.27. The van der Waals surface area contributed by atoms with Gasteiger partial charge in [-0.15, -0.1) is 0 Å². The van der Waals surface area contributed by atoms with Crippen molar-refractivity contribution in [1.29, 1.82) is 0 Å². The number of nitrogens with zero attached hydrogens (tertiary/aromatic N) is 2. The van der Waals surface area contributed by atoms with Gasteiger partial charge in [0.05, 0.1) is 19.6 Å². The van der Waals surface area contributed by atoms with Gasteiger partial charge >= 0.3 is 0 Å². The molecule has 2 aromatic rings. The predicted octanol–water partition coefficient (Wildman–Crippen LogP) is 2.82. The molecular formula is C22H29N3O4. The largest absolute Gasteiger partial charge is 0.446 e. The number of rotatable bonds is 6. The van der Waals surface area contributed by atoms with E-state index in [0.717, 1.165) is 16.7 Å². The Labute approximate surface area is 171 Å². The van der Waals surface area contributed by atoms with Crippen LogP contribution in [0.25, 0.3) is 0 Å². The molecule has 1 aromatic carbocycles. The Hall–Kier alpha value is -2.67. The molecule has 0 spiro atoms. The fourth-order valence-electron chi connectivity index (χ4n) is 3.36. The number of ether oxygens (including phenoxy) is 1. The highest BCUT2D eigenvalue weighted by molar-refractivity contribution is 5.92. The normalized spacial score (nSPS) is 15.4. The molecule has 1 saturated heterocycles. The number of carbonyl (C=O) groups is 2. The molecule has 1 aliphatic rings. The van der Waals surface area contributed by atoms with Crippen LogP contribution in [-0.2, 0) is 16.0 Å². The fourth-order valence-corrected chi connectivity index (χ4v) is 3.36. The first kappa shape index (κ1) is 21.0. The number of hydrogen-bond donors (Lipinski definition) is 1. The van der Waals surface area contributed by atoms with Gasteiger partial charge in [-0.1, -0.05) is 37.6 Å². The summed E-state index contributed by atoms with van der Waals surface area (Å²) in [6, 6.07) is 5.69. The second-order valence-corrected chi connectivity index (χ2v) is 7.87. The van der Waals surface area contributed by atoms with Crippen LogP contribution in [0.4, 0.5) is 0 Å². The van der Waals surface area contributed by atoms with E-state index in [2.05, 4.69) is 10.3 Å². The minimum absolute atomic E-state index is 0.0579. The zero-order chi connectivity index (χ0) is 21.0. The first-order valence-corrected chi connectivity index (χ1v) is 10.0. The summed E-state index contributed by atoms with van der Waals surface area (Å²) in [5.41, 5.74) is 3.47. The molecule has 0 saturated carbocycles. The van der Waals surface area contributed by atoms with Gasteiger partial charge in [-0.2, -0.15) is 0 Å².